The van der Waals surface area contributed by atoms with Gasteiger partial charge >= 0.3 is 5.97 Å². The molecule has 1 aromatic carbocycles. The fourth-order valence-corrected chi connectivity index (χ4v) is 1.58. The van der Waals surface area contributed by atoms with E-state index in [-0.39, 0.29) is 5.56 Å². The normalized spacial score (nSPS) is 10.3. The third-order valence-electron chi connectivity index (χ3n) is 2.65. The van der Waals surface area contributed by atoms with E-state index >= 15 is 0 Å². The van der Waals surface area contributed by atoms with Crippen molar-refractivity contribution in [2.75, 3.05) is 0 Å². The van der Waals surface area contributed by atoms with Gasteiger partial charge in [0, 0.05) is 0 Å². The van der Waals surface area contributed by atoms with E-state index in [1.165, 1.54) is 12.5 Å². The summed E-state index contributed by atoms with van der Waals surface area (Å²) in [5.41, 5.74) is 1.67. The molecule has 94 valence electrons. The van der Waals surface area contributed by atoms with E-state index in [0.29, 0.717) is 23.7 Å². The molecule has 0 spiro atoms. The Morgan fingerprint density at radius 1 is 1.44 bits per heavy atom. The minimum Gasteiger partial charge on any atom is -0.487 e. The van der Waals surface area contributed by atoms with Crippen LogP contribution in [0.15, 0.2) is 29.0 Å². The lowest BCUT2D eigenvalue weighted by molar-refractivity contribution is 0.0696. The number of rotatable bonds is 4. The first-order valence-electron chi connectivity index (χ1n) is 5.43. The summed E-state index contributed by atoms with van der Waals surface area (Å²) in [6.45, 7) is 3.84. The quantitative estimate of drug-likeness (QED) is 0.898. The molecule has 0 radical (unpaired) electrons. The van der Waals surface area contributed by atoms with Crippen LogP contribution in [-0.2, 0) is 6.61 Å². The van der Waals surface area contributed by atoms with Crippen LogP contribution in [0.3, 0.4) is 0 Å². The molecule has 2 rings (SSSR count). The third-order valence-corrected chi connectivity index (χ3v) is 2.65. The molecule has 0 amide bonds. The standard InChI is InChI=1S/C13H13NO4/c1-8-5-10(3-4-11(8)13(15)16)17-6-12-9(2)18-7-14-12/h3-5,7H,6H2,1-2H3,(H,15,16). The van der Waals surface area contributed by atoms with E-state index < -0.39 is 5.97 Å². The Morgan fingerprint density at radius 3 is 2.78 bits per heavy atom. The number of oxazole rings is 1. The van der Waals surface area contributed by atoms with Crippen molar-refractivity contribution >= 4 is 5.97 Å². The highest BCUT2D eigenvalue weighted by Crippen LogP contribution is 2.18. The van der Waals surface area contributed by atoms with Gasteiger partial charge in [-0.15, -0.1) is 0 Å². The molecule has 2 aromatic rings. The van der Waals surface area contributed by atoms with Crippen LogP contribution in [0.1, 0.15) is 27.4 Å². The van der Waals surface area contributed by atoms with Crippen molar-refractivity contribution in [1.82, 2.24) is 4.98 Å². The molecule has 0 aliphatic heterocycles. The molecule has 1 aromatic heterocycles. The van der Waals surface area contributed by atoms with Crippen molar-refractivity contribution in [3.8, 4) is 5.75 Å². The monoisotopic (exact) mass is 247 g/mol. The van der Waals surface area contributed by atoms with Crippen molar-refractivity contribution in [1.29, 1.82) is 0 Å². The first-order chi connectivity index (χ1) is 8.58. The van der Waals surface area contributed by atoms with Gasteiger partial charge in [-0.25, -0.2) is 9.78 Å². The molecule has 0 atom stereocenters. The second-order valence-corrected chi connectivity index (χ2v) is 3.93. The van der Waals surface area contributed by atoms with Crippen LogP contribution in [0.2, 0.25) is 0 Å². The summed E-state index contributed by atoms with van der Waals surface area (Å²) in [4.78, 5) is 14.9. The molecule has 0 unspecified atom stereocenters. The number of ether oxygens (including phenoxy) is 1. The SMILES string of the molecule is Cc1cc(OCc2ncoc2C)ccc1C(=O)O. The average molecular weight is 247 g/mol. The van der Waals surface area contributed by atoms with E-state index in [4.69, 9.17) is 14.3 Å². The Bertz CT molecular complexity index is 574. The van der Waals surface area contributed by atoms with Crippen LogP contribution < -0.4 is 4.74 Å². The predicted octanol–water partition coefficient (Wildman–Crippen LogP) is 2.57. The lowest BCUT2D eigenvalue weighted by Crippen LogP contribution is -2.01. The minimum absolute atomic E-state index is 0.278. The van der Waals surface area contributed by atoms with Gasteiger partial charge in [0.05, 0.1) is 5.56 Å². The number of nitrogens with zero attached hydrogens (tertiary/aromatic N) is 1. The number of carbonyl (C=O) groups is 1. The molecule has 1 heterocycles. The Kier molecular flexibility index (Phi) is 3.32. The van der Waals surface area contributed by atoms with E-state index in [9.17, 15) is 4.79 Å². The van der Waals surface area contributed by atoms with Crippen LogP contribution in [0.4, 0.5) is 0 Å². The smallest absolute Gasteiger partial charge is 0.335 e. The molecule has 0 aliphatic carbocycles. The van der Waals surface area contributed by atoms with E-state index in [1.807, 2.05) is 6.92 Å². The zero-order chi connectivity index (χ0) is 13.1. The van der Waals surface area contributed by atoms with Crippen LogP contribution in [0, 0.1) is 13.8 Å². The van der Waals surface area contributed by atoms with Crippen molar-refractivity contribution in [3.05, 3.63) is 47.2 Å². The summed E-state index contributed by atoms with van der Waals surface area (Å²) in [6.07, 6.45) is 1.37. The fraction of sp³-hybridized carbons (Fsp3) is 0.231. The van der Waals surface area contributed by atoms with Gasteiger partial charge in [-0.1, -0.05) is 0 Å². The Hall–Kier alpha value is -2.30. The molecule has 18 heavy (non-hydrogen) atoms. The first kappa shape index (κ1) is 12.2. The number of hydrogen-bond acceptors (Lipinski definition) is 4. The van der Waals surface area contributed by atoms with Gasteiger partial charge in [-0.3, -0.25) is 0 Å². The zero-order valence-electron chi connectivity index (χ0n) is 10.1. The molecule has 0 aliphatic rings. The lowest BCUT2D eigenvalue weighted by atomic mass is 10.1. The van der Waals surface area contributed by atoms with E-state index in [0.717, 1.165) is 5.69 Å². The summed E-state index contributed by atoms with van der Waals surface area (Å²) in [6, 6.07) is 4.85. The van der Waals surface area contributed by atoms with Crippen LogP contribution >= 0.6 is 0 Å². The van der Waals surface area contributed by atoms with Crippen molar-refractivity contribution in [3.63, 3.8) is 0 Å². The Labute approximate surface area is 104 Å². The number of benzene rings is 1. The Balaban J connectivity index is 2.09. The van der Waals surface area contributed by atoms with Crippen LogP contribution in [0.5, 0.6) is 5.75 Å². The summed E-state index contributed by atoms with van der Waals surface area (Å²) in [5, 5.41) is 8.91. The second-order valence-electron chi connectivity index (χ2n) is 3.93. The van der Waals surface area contributed by atoms with Gasteiger partial charge in [0.15, 0.2) is 6.39 Å². The van der Waals surface area contributed by atoms with Crippen molar-refractivity contribution in [2.45, 2.75) is 20.5 Å². The average Bonchev–Trinajstić information content (AvgIpc) is 2.72. The topological polar surface area (TPSA) is 72.6 Å². The van der Waals surface area contributed by atoms with Gasteiger partial charge in [0.2, 0.25) is 0 Å². The molecule has 5 heteroatoms. The lowest BCUT2D eigenvalue weighted by Gasteiger charge is -2.07. The zero-order valence-corrected chi connectivity index (χ0v) is 10.1. The summed E-state index contributed by atoms with van der Waals surface area (Å²) in [7, 11) is 0. The molecular formula is C13H13NO4. The predicted molar refractivity (Wildman–Crippen MR) is 63.7 cm³/mol. The molecule has 0 bridgehead atoms. The van der Waals surface area contributed by atoms with Crippen LogP contribution in [0.25, 0.3) is 0 Å². The highest BCUT2D eigenvalue weighted by atomic mass is 16.5. The maximum Gasteiger partial charge on any atom is 0.335 e. The maximum atomic E-state index is 10.9. The van der Waals surface area contributed by atoms with Gasteiger partial charge < -0.3 is 14.3 Å². The van der Waals surface area contributed by atoms with Gasteiger partial charge in [-0.2, -0.15) is 0 Å². The Morgan fingerprint density at radius 2 is 2.22 bits per heavy atom. The number of carboxylic acids is 1. The highest BCUT2D eigenvalue weighted by molar-refractivity contribution is 5.89. The number of hydrogen-bond donors (Lipinski definition) is 1. The molecule has 0 saturated heterocycles. The molecule has 0 fully saturated rings. The summed E-state index contributed by atoms with van der Waals surface area (Å²) in [5.74, 6) is 0.389. The minimum atomic E-state index is -0.939. The van der Waals surface area contributed by atoms with Gasteiger partial charge in [0.25, 0.3) is 0 Å². The van der Waals surface area contributed by atoms with E-state index in [2.05, 4.69) is 4.98 Å². The van der Waals surface area contributed by atoms with Crippen LogP contribution in [-0.4, -0.2) is 16.1 Å². The maximum absolute atomic E-state index is 10.9. The molecule has 5 nitrogen and oxygen atoms in total. The number of aromatic carboxylic acids is 1. The molecular weight excluding hydrogens is 234 g/mol. The van der Waals surface area contributed by atoms with Crippen molar-refractivity contribution in [2.24, 2.45) is 0 Å². The second kappa shape index (κ2) is 4.91. The largest absolute Gasteiger partial charge is 0.487 e. The van der Waals surface area contributed by atoms with Gasteiger partial charge in [0.1, 0.15) is 23.8 Å². The fourth-order valence-electron chi connectivity index (χ4n) is 1.58. The highest BCUT2D eigenvalue weighted by Gasteiger charge is 2.09. The number of aryl methyl sites for hydroxylation is 2. The van der Waals surface area contributed by atoms with E-state index in [1.54, 1.807) is 19.1 Å². The number of carboxylic acid groups (broad SMARTS) is 1. The van der Waals surface area contributed by atoms with Gasteiger partial charge in [-0.05, 0) is 37.6 Å². The summed E-state index contributed by atoms with van der Waals surface area (Å²) < 4.78 is 10.6. The van der Waals surface area contributed by atoms with Crippen molar-refractivity contribution < 1.29 is 19.1 Å². The first-order valence-corrected chi connectivity index (χ1v) is 5.43. The summed E-state index contributed by atoms with van der Waals surface area (Å²) >= 11 is 0. The molecule has 1 N–H and O–H groups in total. The molecule has 0 saturated carbocycles. The number of aromatic nitrogens is 1. The third kappa shape index (κ3) is 2.51.